The van der Waals surface area contributed by atoms with Gasteiger partial charge in [0, 0.05) is 31.2 Å². The summed E-state index contributed by atoms with van der Waals surface area (Å²) in [5.41, 5.74) is 0.105. The zero-order valence-electron chi connectivity index (χ0n) is 13.3. The maximum absolute atomic E-state index is 12.2. The van der Waals surface area contributed by atoms with Crippen molar-refractivity contribution in [3.8, 4) is 0 Å². The Bertz CT molecular complexity index is 301. The van der Waals surface area contributed by atoms with Gasteiger partial charge in [0.2, 0.25) is 5.91 Å². The van der Waals surface area contributed by atoms with Gasteiger partial charge in [0.1, 0.15) is 0 Å². The first kappa shape index (κ1) is 16.4. The summed E-state index contributed by atoms with van der Waals surface area (Å²) >= 11 is 0. The van der Waals surface area contributed by atoms with E-state index in [-0.39, 0.29) is 17.4 Å². The van der Waals surface area contributed by atoms with E-state index in [1.165, 1.54) is 0 Å². The second-order valence-electron chi connectivity index (χ2n) is 5.95. The van der Waals surface area contributed by atoms with Crippen molar-refractivity contribution in [3.05, 3.63) is 0 Å². The molecule has 0 aliphatic heterocycles. The van der Waals surface area contributed by atoms with Crippen LogP contribution in [0.5, 0.6) is 0 Å². The summed E-state index contributed by atoms with van der Waals surface area (Å²) in [6, 6.07) is 0.241. The summed E-state index contributed by atoms with van der Waals surface area (Å²) in [6.07, 6.45) is 1.31. The van der Waals surface area contributed by atoms with Crippen molar-refractivity contribution < 1.29 is 9.53 Å². The van der Waals surface area contributed by atoms with Crippen molar-refractivity contribution in [1.82, 2.24) is 10.2 Å². The van der Waals surface area contributed by atoms with Crippen LogP contribution in [0.25, 0.3) is 0 Å². The Morgan fingerprint density at radius 3 is 2.37 bits per heavy atom. The number of ether oxygens (including phenoxy) is 1. The monoisotopic (exact) mass is 270 g/mol. The molecule has 1 N–H and O–H groups in total. The number of likely N-dealkylation sites (N-methyl/N-ethyl adjacent to an activating group) is 1. The molecule has 3 unspecified atom stereocenters. The summed E-state index contributed by atoms with van der Waals surface area (Å²) in [4.78, 5) is 14.1. The van der Waals surface area contributed by atoms with Gasteiger partial charge >= 0.3 is 0 Å². The van der Waals surface area contributed by atoms with Gasteiger partial charge in [0.05, 0.1) is 12.1 Å². The van der Waals surface area contributed by atoms with Gasteiger partial charge in [0.25, 0.3) is 0 Å². The third-order valence-electron chi connectivity index (χ3n) is 4.44. The molecular weight excluding hydrogens is 240 g/mol. The van der Waals surface area contributed by atoms with E-state index in [0.29, 0.717) is 12.1 Å². The minimum absolute atomic E-state index is 0.105. The molecular formula is C15H30N2O2. The molecule has 1 aliphatic rings. The lowest BCUT2D eigenvalue weighted by atomic mass is 9.64. The van der Waals surface area contributed by atoms with Gasteiger partial charge in [-0.3, -0.25) is 4.79 Å². The third kappa shape index (κ3) is 3.48. The summed E-state index contributed by atoms with van der Waals surface area (Å²) in [5.74, 6) is 0.195. The zero-order valence-corrected chi connectivity index (χ0v) is 13.3. The van der Waals surface area contributed by atoms with E-state index in [9.17, 15) is 4.79 Å². The highest BCUT2D eigenvalue weighted by atomic mass is 16.5. The summed E-state index contributed by atoms with van der Waals surface area (Å²) in [7, 11) is 0. The molecule has 1 rings (SSSR count). The highest BCUT2D eigenvalue weighted by molar-refractivity contribution is 5.81. The molecule has 0 aromatic heterocycles. The first-order valence-corrected chi connectivity index (χ1v) is 7.54. The number of amides is 1. The molecule has 0 saturated heterocycles. The van der Waals surface area contributed by atoms with Crippen LogP contribution in [0.3, 0.4) is 0 Å². The molecule has 0 aromatic carbocycles. The van der Waals surface area contributed by atoms with E-state index < -0.39 is 0 Å². The Labute approximate surface area is 117 Å². The molecule has 0 spiro atoms. The quantitative estimate of drug-likeness (QED) is 0.769. The third-order valence-corrected chi connectivity index (χ3v) is 4.44. The minimum atomic E-state index is -0.119. The van der Waals surface area contributed by atoms with Crippen LogP contribution in [-0.4, -0.2) is 48.7 Å². The average Bonchev–Trinajstić information content (AvgIpc) is 2.38. The fourth-order valence-corrected chi connectivity index (χ4v) is 2.83. The number of nitrogens with one attached hydrogen (secondary N) is 1. The van der Waals surface area contributed by atoms with Gasteiger partial charge in [-0.05, 0) is 34.1 Å². The Morgan fingerprint density at radius 2 is 1.95 bits per heavy atom. The van der Waals surface area contributed by atoms with Crippen LogP contribution in [0.2, 0.25) is 0 Å². The predicted molar refractivity (Wildman–Crippen MR) is 78.1 cm³/mol. The van der Waals surface area contributed by atoms with Crippen LogP contribution < -0.4 is 5.32 Å². The maximum Gasteiger partial charge on any atom is 0.239 e. The Kier molecular flexibility index (Phi) is 5.81. The molecule has 0 aromatic rings. The van der Waals surface area contributed by atoms with Crippen molar-refractivity contribution in [2.24, 2.45) is 5.41 Å². The number of hydrogen-bond donors (Lipinski definition) is 1. The average molecular weight is 270 g/mol. The Hall–Kier alpha value is -0.610. The number of nitrogens with zero attached hydrogens (tertiary/aromatic N) is 1. The Morgan fingerprint density at radius 1 is 1.37 bits per heavy atom. The molecule has 1 saturated carbocycles. The van der Waals surface area contributed by atoms with Gasteiger partial charge in [-0.25, -0.2) is 0 Å². The smallest absolute Gasteiger partial charge is 0.239 e. The fraction of sp³-hybridized carbons (Fsp3) is 0.933. The van der Waals surface area contributed by atoms with Crippen LogP contribution in [-0.2, 0) is 9.53 Å². The fourth-order valence-electron chi connectivity index (χ4n) is 2.83. The number of hydrogen-bond acceptors (Lipinski definition) is 3. The van der Waals surface area contributed by atoms with Crippen molar-refractivity contribution in [2.45, 2.75) is 66.2 Å². The standard InChI is InChI=1S/C15H30N2O2/c1-7-17(8-2)14(18)11(4)16-12-10-13(19-9-3)15(12,5)6/h11-13,16H,7-10H2,1-6H3. The Balaban J connectivity index is 2.50. The van der Waals surface area contributed by atoms with Crippen molar-refractivity contribution in [1.29, 1.82) is 0 Å². The largest absolute Gasteiger partial charge is 0.378 e. The van der Waals surface area contributed by atoms with Crippen molar-refractivity contribution in [3.63, 3.8) is 0 Å². The molecule has 1 fully saturated rings. The number of carbonyl (C=O) groups excluding carboxylic acids is 1. The van der Waals surface area contributed by atoms with E-state index in [2.05, 4.69) is 19.2 Å². The molecule has 112 valence electrons. The van der Waals surface area contributed by atoms with Crippen LogP contribution in [0, 0.1) is 5.41 Å². The van der Waals surface area contributed by atoms with E-state index in [0.717, 1.165) is 26.1 Å². The molecule has 3 atom stereocenters. The first-order valence-electron chi connectivity index (χ1n) is 7.54. The molecule has 1 aliphatic carbocycles. The van der Waals surface area contributed by atoms with Crippen LogP contribution in [0.15, 0.2) is 0 Å². The maximum atomic E-state index is 12.2. The van der Waals surface area contributed by atoms with Gasteiger partial charge in [-0.1, -0.05) is 13.8 Å². The molecule has 4 nitrogen and oxygen atoms in total. The number of carbonyl (C=O) groups is 1. The number of rotatable bonds is 7. The van der Waals surface area contributed by atoms with Gasteiger partial charge in [-0.15, -0.1) is 0 Å². The second-order valence-corrected chi connectivity index (χ2v) is 5.95. The van der Waals surface area contributed by atoms with Crippen LogP contribution in [0.4, 0.5) is 0 Å². The lowest BCUT2D eigenvalue weighted by Crippen LogP contribution is -2.64. The van der Waals surface area contributed by atoms with Gasteiger partial charge in [-0.2, -0.15) is 0 Å². The normalized spacial score (nSPS) is 26.6. The van der Waals surface area contributed by atoms with Crippen LogP contribution >= 0.6 is 0 Å². The van der Waals surface area contributed by atoms with E-state index in [1.807, 2.05) is 32.6 Å². The highest BCUT2D eigenvalue weighted by Crippen LogP contribution is 2.42. The summed E-state index contributed by atoms with van der Waals surface area (Å²) in [5, 5.41) is 3.47. The topological polar surface area (TPSA) is 41.6 Å². The van der Waals surface area contributed by atoms with Crippen LogP contribution in [0.1, 0.15) is 48.0 Å². The SMILES string of the molecule is CCOC1CC(NC(C)C(=O)N(CC)CC)C1(C)C. The molecule has 0 heterocycles. The lowest BCUT2D eigenvalue weighted by molar-refractivity contribution is -0.138. The van der Waals surface area contributed by atoms with Crippen molar-refractivity contribution >= 4 is 5.91 Å². The lowest BCUT2D eigenvalue weighted by Gasteiger charge is -2.52. The predicted octanol–water partition coefficient (Wildman–Crippen LogP) is 2.04. The molecule has 0 bridgehead atoms. The van der Waals surface area contributed by atoms with Crippen molar-refractivity contribution in [2.75, 3.05) is 19.7 Å². The van der Waals surface area contributed by atoms with Gasteiger partial charge < -0.3 is 15.0 Å². The molecule has 4 heteroatoms. The van der Waals surface area contributed by atoms with Gasteiger partial charge in [0.15, 0.2) is 0 Å². The first-order chi connectivity index (χ1) is 8.88. The summed E-state index contributed by atoms with van der Waals surface area (Å²) in [6.45, 7) is 14.8. The van der Waals surface area contributed by atoms with E-state index in [4.69, 9.17) is 4.74 Å². The summed E-state index contributed by atoms with van der Waals surface area (Å²) < 4.78 is 5.72. The zero-order chi connectivity index (χ0) is 14.6. The highest BCUT2D eigenvalue weighted by Gasteiger charge is 2.49. The van der Waals surface area contributed by atoms with E-state index in [1.54, 1.807) is 0 Å². The second kappa shape index (κ2) is 6.71. The molecule has 1 amide bonds. The molecule has 0 radical (unpaired) electrons. The van der Waals surface area contributed by atoms with E-state index >= 15 is 0 Å². The molecule has 19 heavy (non-hydrogen) atoms. The minimum Gasteiger partial charge on any atom is -0.378 e.